The quantitative estimate of drug-likeness (QED) is 0.638. The lowest BCUT2D eigenvalue weighted by Crippen LogP contribution is -2.48. The van der Waals surface area contributed by atoms with Crippen molar-refractivity contribution in [3.05, 3.63) is 23.8 Å². The van der Waals surface area contributed by atoms with Crippen molar-refractivity contribution < 1.29 is 13.2 Å². The molecule has 0 bridgehead atoms. The van der Waals surface area contributed by atoms with Gasteiger partial charge < -0.3 is 9.64 Å². The highest BCUT2D eigenvalue weighted by molar-refractivity contribution is 7.89. The van der Waals surface area contributed by atoms with Gasteiger partial charge in [-0.1, -0.05) is 0 Å². The van der Waals surface area contributed by atoms with Crippen LogP contribution in [-0.2, 0) is 14.8 Å². The largest absolute Gasteiger partial charge is 0.379 e. The average Bonchev–Trinajstić information content (AvgIpc) is 2.46. The van der Waals surface area contributed by atoms with Crippen LogP contribution in [0.3, 0.4) is 0 Å². The van der Waals surface area contributed by atoms with E-state index in [0.29, 0.717) is 26.3 Å². The van der Waals surface area contributed by atoms with E-state index in [1.54, 1.807) is 29.5 Å². The fourth-order valence-corrected chi connectivity index (χ4v) is 3.20. The maximum atomic E-state index is 12.4. The van der Waals surface area contributed by atoms with Gasteiger partial charge in [-0.3, -0.25) is 0 Å². The SMILES string of the molecule is Cc1cc(S(=O)(=O)NN2CCOCC2)ccc1/N=C/N(C)C. The number of hydrogen-bond acceptors (Lipinski definition) is 5. The lowest BCUT2D eigenvalue weighted by Gasteiger charge is -2.26. The summed E-state index contributed by atoms with van der Waals surface area (Å²) in [6, 6.07) is 4.91. The second-order valence-electron chi connectivity index (χ2n) is 5.35. The Bertz CT molecular complexity index is 637. The molecule has 1 fully saturated rings. The number of morpholine rings is 1. The summed E-state index contributed by atoms with van der Waals surface area (Å²) in [7, 11) is 0.185. The molecule has 0 saturated carbocycles. The first kappa shape index (κ1) is 16.9. The van der Waals surface area contributed by atoms with Gasteiger partial charge in [-0.25, -0.2) is 18.4 Å². The predicted molar refractivity (Wildman–Crippen MR) is 85.7 cm³/mol. The van der Waals surface area contributed by atoms with E-state index in [1.807, 2.05) is 25.9 Å². The van der Waals surface area contributed by atoms with Crippen LogP contribution in [0.15, 0.2) is 28.1 Å². The minimum Gasteiger partial charge on any atom is -0.379 e. The molecule has 1 N–H and O–H groups in total. The van der Waals surface area contributed by atoms with Gasteiger partial charge in [0.15, 0.2) is 0 Å². The molecule has 1 aromatic carbocycles. The van der Waals surface area contributed by atoms with E-state index in [4.69, 9.17) is 4.74 Å². The molecule has 1 saturated heterocycles. The summed E-state index contributed by atoms with van der Waals surface area (Å²) in [6.45, 7) is 3.99. The van der Waals surface area contributed by atoms with E-state index in [9.17, 15) is 8.42 Å². The Balaban J connectivity index is 2.15. The van der Waals surface area contributed by atoms with E-state index >= 15 is 0 Å². The van der Waals surface area contributed by atoms with Gasteiger partial charge in [0.25, 0.3) is 10.0 Å². The lowest BCUT2D eigenvalue weighted by molar-refractivity contribution is 0.0272. The number of rotatable bonds is 5. The molecular weight excluding hydrogens is 304 g/mol. The standard InChI is InChI=1S/C14H22N4O3S/c1-12-10-13(4-5-14(12)15-11-17(2)3)22(19,20)16-18-6-8-21-9-7-18/h4-5,10-11,16H,6-9H2,1-3H3/b15-11+. The van der Waals surface area contributed by atoms with Gasteiger partial charge in [0.1, 0.15) is 0 Å². The van der Waals surface area contributed by atoms with Crippen LogP contribution in [0.5, 0.6) is 0 Å². The molecule has 0 radical (unpaired) electrons. The van der Waals surface area contributed by atoms with Crippen LogP contribution < -0.4 is 4.83 Å². The number of nitrogens with one attached hydrogen (secondary N) is 1. The smallest absolute Gasteiger partial charge is 0.253 e. The summed E-state index contributed by atoms with van der Waals surface area (Å²) < 4.78 is 30.0. The summed E-state index contributed by atoms with van der Waals surface area (Å²) in [5.41, 5.74) is 1.56. The van der Waals surface area contributed by atoms with Gasteiger partial charge in [0.05, 0.1) is 30.1 Å². The van der Waals surface area contributed by atoms with Crippen LogP contribution in [0.2, 0.25) is 0 Å². The Kier molecular flexibility index (Phi) is 5.52. The van der Waals surface area contributed by atoms with Crippen LogP contribution >= 0.6 is 0 Å². The molecule has 1 aromatic rings. The van der Waals surface area contributed by atoms with Crippen LogP contribution in [-0.4, -0.2) is 65.1 Å². The number of benzene rings is 1. The molecule has 7 nitrogen and oxygen atoms in total. The highest BCUT2D eigenvalue weighted by atomic mass is 32.2. The molecule has 8 heteroatoms. The molecule has 122 valence electrons. The third kappa shape index (κ3) is 4.51. The molecule has 1 aliphatic rings. The van der Waals surface area contributed by atoms with Crippen molar-refractivity contribution >= 4 is 22.0 Å². The van der Waals surface area contributed by atoms with Crippen LogP contribution in [0.25, 0.3) is 0 Å². The van der Waals surface area contributed by atoms with E-state index in [0.717, 1.165) is 11.3 Å². The maximum absolute atomic E-state index is 12.4. The molecule has 0 atom stereocenters. The first-order valence-electron chi connectivity index (χ1n) is 7.05. The summed E-state index contributed by atoms with van der Waals surface area (Å²) in [5, 5.41) is 1.66. The Labute approximate surface area is 131 Å². The van der Waals surface area contributed by atoms with E-state index in [1.165, 1.54) is 0 Å². The Morgan fingerprint density at radius 1 is 1.32 bits per heavy atom. The summed E-state index contributed by atoms with van der Waals surface area (Å²) in [4.78, 5) is 8.95. The number of sulfonamides is 1. The molecule has 0 spiro atoms. The van der Waals surface area contributed by atoms with Crippen LogP contribution in [0.4, 0.5) is 5.69 Å². The third-order valence-corrected chi connectivity index (χ3v) is 4.54. The molecule has 1 heterocycles. The monoisotopic (exact) mass is 326 g/mol. The summed E-state index contributed by atoms with van der Waals surface area (Å²) in [6.07, 6.45) is 1.68. The number of hydrogen-bond donors (Lipinski definition) is 1. The first-order chi connectivity index (χ1) is 10.4. The number of nitrogens with zero attached hydrogens (tertiary/aromatic N) is 3. The second-order valence-corrected chi connectivity index (χ2v) is 7.01. The highest BCUT2D eigenvalue weighted by Crippen LogP contribution is 2.22. The third-order valence-electron chi connectivity index (χ3n) is 3.17. The number of hydrazine groups is 1. The Morgan fingerprint density at radius 3 is 2.59 bits per heavy atom. The van der Waals surface area contributed by atoms with Gasteiger partial charge in [0.2, 0.25) is 0 Å². The highest BCUT2D eigenvalue weighted by Gasteiger charge is 2.20. The van der Waals surface area contributed by atoms with Crippen molar-refractivity contribution in [2.75, 3.05) is 40.4 Å². The zero-order valence-corrected chi connectivity index (χ0v) is 13.9. The van der Waals surface area contributed by atoms with Gasteiger partial charge >= 0.3 is 0 Å². The minimum absolute atomic E-state index is 0.236. The first-order valence-corrected chi connectivity index (χ1v) is 8.53. The van der Waals surface area contributed by atoms with E-state index in [-0.39, 0.29) is 4.90 Å². The summed E-state index contributed by atoms with van der Waals surface area (Å²) in [5.74, 6) is 0. The minimum atomic E-state index is -3.57. The Morgan fingerprint density at radius 2 is 2.00 bits per heavy atom. The molecule has 0 aromatic heterocycles. The van der Waals surface area contributed by atoms with Crippen molar-refractivity contribution in [3.8, 4) is 0 Å². The molecule has 0 amide bonds. The predicted octanol–water partition coefficient (Wildman–Crippen LogP) is 0.742. The fraction of sp³-hybridized carbons (Fsp3) is 0.500. The topological polar surface area (TPSA) is 74.2 Å². The average molecular weight is 326 g/mol. The van der Waals surface area contributed by atoms with E-state index < -0.39 is 10.0 Å². The van der Waals surface area contributed by atoms with Crippen LogP contribution in [0.1, 0.15) is 5.56 Å². The molecule has 2 rings (SSSR count). The lowest BCUT2D eigenvalue weighted by atomic mass is 10.2. The van der Waals surface area contributed by atoms with Gasteiger partial charge in [-0.2, -0.15) is 0 Å². The zero-order chi connectivity index (χ0) is 16.2. The number of ether oxygens (including phenoxy) is 1. The molecule has 22 heavy (non-hydrogen) atoms. The molecular formula is C14H22N4O3S. The van der Waals surface area contributed by atoms with Gasteiger partial charge in [-0.15, -0.1) is 4.83 Å². The molecule has 1 aliphatic heterocycles. The zero-order valence-electron chi connectivity index (χ0n) is 13.1. The van der Waals surface area contributed by atoms with Crippen molar-refractivity contribution in [1.29, 1.82) is 0 Å². The Hall–Kier alpha value is -1.48. The van der Waals surface area contributed by atoms with Crippen LogP contribution in [0, 0.1) is 6.92 Å². The number of aryl methyl sites for hydroxylation is 1. The van der Waals surface area contributed by atoms with Gasteiger partial charge in [-0.05, 0) is 30.7 Å². The second kappa shape index (κ2) is 7.19. The number of aliphatic imine (C=N–C) groups is 1. The normalized spacial score (nSPS) is 17.0. The van der Waals surface area contributed by atoms with Crippen molar-refractivity contribution in [1.82, 2.24) is 14.7 Å². The van der Waals surface area contributed by atoms with Crippen molar-refractivity contribution in [2.24, 2.45) is 4.99 Å². The van der Waals surface area contributed by atoms with Gasteiger partial charge in [0, 0.05) is 27.2 Å². The fourth-order valence-electron chi connectivity index (χ4n) is 1.99. The molecule has 0 aliphatic carbocycles. The maximum Gasteiger partial charge on any atom is 0.253 e. The van der Waals surface area contributed by atoms with Crippen molar-refractivity contribution in [3.63, 3.8) is 0 Å². The van der Waals surface area contributed by atoms with E-state index in [2.05, 4.69) is 9.82 Å². The molecule has 0 unspecified atom stereocenters. The summed E-state index contributed by atoms with van der Waals surface area (Å²) >= 11 is 0. The van der Waals surface area contributed by atoms with Crippen molar-refractivity contribution in [2.45, 2.75) is 11.8 Å².